The third-order valence-corrected chi connectivity index (χ3v) is 5.36. The number of amides is 2. The molecule has 0 heterocycles. The van der Waals surface area contributed by atoms with Crippen molar-refractivity contribution in [3.05, 3.63) is 93.1 Å². The lowest BCUT2D eigenvalue weighted by Crippen LogP contribution is -2.35. The Morgan fingerprint density at radius 3 is 2.29 bits per heavy atom. The van der Waals surface area contributed by atoms with Crippen LogP contribution in [0.25, 0.3) is 0 Å². The summed E-state index contributed by atoms with van der Waals surface area (Å²) in [5.41, 5.74) is 3.95. The van der Waals surface area contributed by atoms with Crippen LogP contribution in [0.2, 0.25) is 0 Å². The Morgan fingerprint density at radius 1 is 0.941 bits per heavy atom. The minimum atomic E-state index is -0.482. The molecule has 0 aromatic heterocycles. The molecule has 0 unspecified atom stereocenters. The summed E-state index contributed by atoms with van der Waals surface area (Å²) < 4.78 is 11.5. The van der Waals surface area contributed by atoms with Gasteiger partial charge in [0.25, 0.3) is 11.8 Å². The number of hydrogen-bond acceptors (Lipinski definition) is 6. The number of halogens is 1. The number of carbonyl (C=O) groups excluding carboxylic acids is 3. The molecule has 0 aliphatic heterocycles. The quantitative estimate of drug-likeness (QED) is 0.134. The molecule has 2 amide bonds. The summed E-state index contributed by atoms with van der Waals surface area (Å²) in [5.74, 6) is -0.221. The predicted molar refractivity (Wildman–Crippen MR) is 136 cm³/mol. The first kappa shape index (κ1) is 24.9. The van der Waals surface area contributed by atoms with Gasteiger partial charge in [-0.2, -0.15) is 5.10 Å². The molecule has 0 radical (unpaired) electrons. The molecular formula is C25H22IN3O5. The highest BCUT2D eigenvalue weighted by atomic mass is 127. The van der Waals surface area contributed by atoms with Crippen LogP contribution in [-0.2, 0) is 4.79 Å². The fourth-order valence-corrected chi connectivity index (χ4v) is 3.39. The topological polar surface area (TPSA) is 106 Å². The predicted octanol–water partition coefficient (Wildman–Crippen LogP) is 3.79. The van der Waals surface area contributed by atoms with Crippen molar-refractivity contribution in [2.45, 2.75) is 6.92 Å². The molecule has 0 aliphatic rings. The second-order valence-corrected chi connectivity index (χ2v) is 8.03. The van der Waals surface area contributed by atoms with Gasteiger partial charge in [-0.25, -0.2) is 10.2 Å². The van der Waals surface area contributed by atoms with E-state index in [4.69, 9.17) is 9.47 Å². The van der Waals surface area contributed by atoms with E-state index in [9.17, 15) is 14.4 Å². The van der Waals surface area contributed by atoms with E-state index in [1.54, 1.807) is 60.7 Å². The minimum absolute atomic E-state index is 0.207. The van der Waals surface area contributed by atoms with E-state index in [0.29, 0.717) is 34.8 Å². The molecule has 9 heteroatoms. The van der Waals surface area contributed by atoms with Gasteiger partial charge in [0, 0.05) is 3.57 Å². The van der Waals surface area contributed by atoms with Gasteiger partial charge in [0.15, 0.2) is 0 Å². The van der Waals surface area contributed by atoms with Crippen LogP contribution in [-0.4, -0.2) is 37.1 Å². The van der Waals surface area contributed by atoms with Crippen molar-refractivity contribution in [1.82, 2.24) is 10.7 Å². The molecule has 174 valence electrons. The van der Waals surface area contributed by atoms with Crippen molar-refractivity contribution in [2.75, 3.05) is 13.2 Å². The molecule has 0 saturated carbocycles. The second kappa shape index (κ2) is 12.5. The Hall–Kier alpha value is -3.73. The normalized spacial score (nSPS) is 10.5. The lowest BCUT2D eigenvalue weighted by molar-refractivity contribution is -0.120. The van der Waals surface area contributed by atoms with Gasteiger partial charge in [-0.15, -0.1) is 0 Å². The number of benzene rings is 3. The minimum Gasteiger partial charge on any atom is -0.494 e. The Balaban J connectivity index is 1.45. The van der Waals surface area contributed by atoms with Crippen molar-refractivity contribution < 1.29 is 23.9 Å². The van der Waals surface area contributed by atoms with Crippen molar-refractivity contribution >= 4 is 46.6 Å². The van der Waals surface area contributed by atoms with Crippen molar-refractivity contribution in [1.29, 1.82) is 0 Å². The van der Waals surface area contributed by atoms with Crippen LogP contribution >= 0.6 is 22.6 Å². The summed E-state index contributed by atoms with van der Waals surface area (Å²) in [5, 5.41) is 6.43. The zero-order chi connectivity index (χ0) is 24.3. The highest BCUT2D eigenvalue weighted by Gasteiger charge is 2.11. The fourth-order valence-electron chi connectivity index (χ4n) is 2.76. The summed E-state index contributed by atoms with van der Waals surface area (Å²) >= 11 is 2.06. The third kappa shape index (κ3) is 7.41. The zero-order valence-electron chi connectivity index (χ0n) is 18.3. The maximum Gasteiger partial charge on any atom is 0.343 e. The molecule has 0 spiro atoms. The van der Waals surface area contributed by atoms with E-state index in [0.717, 1.165) is 3.57 Å². The summed E-state index contributed by atoms with van der Waals surface area (Å²) in [6.45, 7) is 2.23. The molecule has 0 saturated heterocycles. The molecule has 3 aromatic rings. The molecular weight excluding hydrogens is 549 g/mol. The highest BCUT2D eigenvalue weighted by Crippen LogP contribution is 2.16. The van der Waals surface area contributed by atoms with E-state index >= 15 is 0 Å². The Morgan fingerprint density at radius 2 is 1.62 bits per heavy atom. The molecule has 3 aromatic carbocycles. The summed E-state index contributed by atoms with van der Waals surface area (Å²) in [4.78, 5) is 36.3. The van der Waals surface area contributed by atoms with Gasteiger partial charge in [-0.05, 0) is 95.7 Å². The highest BCUT2D eigenvalue weighted by molar-refractivity contribution is 14.1. The Bertz CT molecular complexity index is 1180. The number of ether oxygens (including phenoxy) is 2. The summed E-state index contributed by atoms with van der Waals surface area (Å²) in [6.07, 6.45) is 1.44. The average molecular weight is 571 g/mol. The average Bonchev–Trinajstić information content (AvgIpc) is 2.84. The fraction of sp³-hybridized carbons (Fsp3) is 0.120. The largest absolute Gasteiger partial charge is 0.494 e. The van der Waals surface area contributed by atoms with Gasteiger partial charge < -0.3 is 14.8 Å². The lowest BCUT2D eigenvalue weighted by Gasteiger charge is -2.06. The van der Waals surface area contributed by atoms with E-state index in [2.05, 4.69) is 38.4 Å². The smallest absolute Gasteiger partial charge is 0.343 e. The van der Waals surface area contributed by atoms with Crippen molar-refractivity contribution in [3.63, 3.8) is 0 Å². The summed E-state index contributed by atoms with van der Waals surface area (Å²) in [7, 11) is 0. The molecule has 0 aliphatic carbocycles. The maximum atomic E-state index is 12.3. The van der Waals surface area contributed by atoms with Crippen LogP contribution in [0.1, 0.15) is 33.2 Å². The molecule has 0 bridgehead atoms. The van der Waals surface area contributed by atoms with E-state index in [-0.39, 0.29) is 12.5 Å². The van der Waals surface area contributed by atoms with E-state index < -0.39 is 11.9 Å². The zero-order valence-corrected chi connectivity index (χ0v) is 20.4. The molecule has 0 atom stereocenters. The maximum absolute atomic E-state index is 12.3. The van der Waals surface area contributed by atoms with Crippen LogP contribution in [0.4, 0.5) is 0 Å². The first-order valence-electron chi connectivity index (χ1n) is 10.4. The summed E-state index contributed by atoms with van der Waals surface area (Å²) in [6, 6.07) is 20.4. The second-order valence-electron chi connectivity index (χ2n) is 6.87. The van der Waals surface area contributed by atoms with Crippen LogP contribution in [0.15, 0.2) is 77.9 Å². The lowest BCUT2D eigenvalue weighted by atomic mass is 10.2. The first-order valence-corrected chi connectivity index (χ1v) is 11.4. The molecule has 8 nitrogen and oxygen atoms in total. The number of esters is 1. The van der Waals surface area contributed by atoms with Gasteiger partial charge in [-0.1, -0.05) is 12.1 Å². The van der Waals surface area contributed by atoms with Crippen LogP contribution in [0.3, 0.4) is 0 Å². The first-order chi connectivity index (χ1) is 16.5. The van der Waals surface area contributed by atoms with Crippen molar-refractivity contribution in [3.8, 4) is 11.5 Å². The van der Waals surface area contributed by atoms with Gasteiger partial charge in [0.1, 0.15) is 11.5 Å². The third-order valence-electron chi connectivity index (χ3n) is 4.42. The SMILES string of the molecule is CCOc1ccc(C(=O)Oc2ccc(/C=N\NC(=O)CNC(=O)c3ccccc3I)cc2)cc1. The van der Waals surface area contributed by atoms with Crippen LogP contribution < -0.4 is 20.2 Å². The van der Waals surface area contributed by atoms with Gasteiger partial charge >= 0.3 is 5.97 Å². The van der Waals surface area contributed by atoms with Crippen molar-refractivity contribution in [2.24, 2.45) is 5.10 Å². The number of nitrogens with one attached hydrogen (secondary N) is 2. The van der Waals surface area contributed by atoms with Gasteiger partial charge in [-0.3, -0.25) is 9.59 Å². The number of carbonyl (C=O) groups is 3. The Kier molecular flexibility index (Phi) is 9.15. The molecule has 34 heavy (non-hydrogen) atoms. The van der Waals surface area contributed by atoms with Gasteiger partial charge in [0.2, 0.25) is 0 Å². The number of nitrogens with zero attached hydrogens (tertiary/aromatic N) is 1. The van der Waals surface area contributed by atoms with Crippen LogP contribution in [0, 0.1) is 3.57 Å². The van der Waals surface area contributed by atoms with E-state index in [1.165, 1.54) is 6.21 Å². The standard InChI is InChI=1S/C25H22IN3O5/c1-2-33-19-13-9-18(10-14-19)25(32)34-20-11-7-17(8-12-20)15-28-29-23(30)16-27-24(31)21-5-3-4-6-22(21)26/h3-15H,2,16H2,1H3,(H,27,31)(H,29,30)/b28-15-. The van der Waals surface area contributed by atoms with Crippen LogP contribution in [0.5, 0.6) is 11.5 Å². The number of hydrazone groups is 1. The molecule has 2 N–H and O–H groups in total. The number of hydrogen-bond donors (Lipinski definition) is 2. The molecule has 3 rings (SSSR count). The Labute approximate surface area is 210 Å². The molecule has 0 fully saturated rings. The monoisotopic (exact) mass is 571 g/mol. The van der Waals surface area contributed by atoms with Gasteiger partial charge in [0.05, 0.1) is 30.5 Å². The van der Waals surface area contributed by atoms with E-state index in [1.807, 2.05) is 19.1 Å². The number of rotatable bonds is 9.